The zero-order valence-electron chi connectivity index (χ0n) is 11.5. The van der Waals surface area contributed by atoms with Crippen LogP contribution in [0.3, 0.4) is 0 Å². The van der Waals surface area contributed by atoms with Gasteiger partial charge in [-0.25, -0.2) is 0 Å². The summed E-state index contributed by atoms with van der Waals surface area (Å²) in [5.74, 6) is 0.306. The molecule has 0 aliphatic heterocycles. The van der Waals surface area contributed by atoms with E-state index in [4.69, 9.17) is 4.74 Å². The summed E-state index contributed by atoms with van der Waals surface area (Å²) in [6.07, 6.45) is -0.567. The Hall–Kier alpha value is -1.85. The predicted molar refractivity (Wildman–Crippen MR) is 85.3 cm³/mol. The van der Waals surface area contributed by atoms with E-state index < -0.39 is 6.10 Å². The van der Waals surface area contributed by atoms with Crippen molar-refractivity contribution >= 4 is 27.5 Å². The second-order valence-corrected chi connectivity index (χ2v) is 5.42. The third-order valence-electron chi connectivity index (χ3n) is 2.86. The Balaban J connectivity index is 1.92. The number of hydrogen-bond donors (Lipinski definition) is 2. The van der Waals surface area contributed by atoms with E-state index in [9.17, 15) is 9.90 Å². The van der Waals surface area contributed by atoms with Crippen LogP contribution in [-0.4, -0.2) is 17.6 Å². The molecule has 0 aliphatic rings. The molecule has 1 atom stereocenters. The van der Waals surface area contributed by atoms with Gasteiger partial charge in [-0.3, -0.25) is 4.79 Å². The van der Waals surface area contributed by atoms with E-state index in [1.54, 1.807) is 37.3 Å². The Labute approximate surface area is 131 Å². The van der Waals surface area contributed by atoms with E-state index in [1.807, 2.05) is 18.2 Å². The zero-order chi connectivity index (χ0) is 15.2. The summed E-state index contributed by atoms with van der Waals surface area (Å²) in [6.45, 7) is 1.59. The maximum atomic E-state index is 11.9. The second kappa shape index (κ2) is 7.24. The predicted octanol–water partition coefficient (Wildman–Crippen LogP) is 3.52. The first-order valence-corrected chi connectivity index (χ1v) is 7.31. The van der Waals surface area contributed by atoms with Crippen LogP contribution in [0.15, 0.2) is 53.0 Å². The molecule has 0 spiro atoms. The molecule has 0 aliphatic carbocycles. The van der Waals surface area contributed by atoms with Crippen LogP contribution < -0.4 is 10.1 Å². The normalized spacial score (nSPS) is 11.8. The van der Waals surface area contributed by atoms with Crippen molar-refractivity contribution in [3.8, 4) is 5.75 Å². The molecule has 0 saturated heterocycles. The lowest BCUT2D eigenvalue weighted by atomic mass is 10.1. The SMILES string of the molecule is C[C@H](O)c1cccc(OCC(=O)Nc2ccccc2Br)c1. The molecule has 2 aromatic rings. The van der Waals surface area contributed by atoms with E-state index in [2.05, 4.69) is 21.2 Å². The number of para-hydroxylation sites is 1. The molecule has 0 aromatic heterocycles. The van der Waals surface area contributed by atoms with Gasteiger partial charge in [-0.2, -0.15) is 0 Å². The fraction of sp³-hybridized carbons (Fsp3) is 0.188. The highest BCUT2D eigenvalue weighted by Crippen LogP contribution is 2.21. The number of ether oxygens (including phenoxy) is 1. The topological polar surface area (TPSA) is 58.6 Å². The summed E-state index contributed by atoms with van der Waals surface area (Å²) < 4.78 is 6.25. The molecule has 0 fully saturated rings. The molecular weight excluding hydrogens is 334 g/mol. The van der Waals surface area contributed by atoms with Gasteiger partial charge in [-0.05, 0) is 52.7 Å². The molecule has 0 radical (unpaired) electrons. The Morgan fingerprint density at radius 2 is 2.05 bits per heavy atom. The highest BCUT2D eigenvalue weighted by molar-refractivity contribution is 9.10. The molecule has 0 unspecified atom stereocenters. The summed E-state index contributed by atoms with van der Waals surface area (Å²) in [5, 5.41) is 12.3. The summed E-state index contributed by atoms with van der Waals surface area (Å²) in [5.41, 5.74) is 1.45. The highest BCUT2D eigenvalue weighted by Gasteiger charge is 2.07. The largest absolute Gasteiger partial charge is 0.484 e. The molecule has 2 aromatic carbocycles. The summed E-state index contributed by atoms with van der Waals surface area (Å²) in [4.78, 5) is 11.9. The van der Waals surface area contributed by atoms with Crippen molar-refractivity contribution in [2.45, 2.75) is 13.0 Å². The Morgan fingerprint density at radius 1 is 1.29 bits per heavy atom. The lowest BCUT2D eigenvalue weighted by Crippen LogP contribution is -2.20. The van der Waals surface area contributed by atoms with Crippen LogP contribution in [0, 0.1) is 0 Å². The molecule has 2 N–H and O–H groups in total. The standard InChI is InChI=1S/C16H16BrNO3/c1-11(19)12-5-4-6-13(9-12)21-10-16(20)18-15-8-3-2-7-14(15)17/h2-9,11,19H,10H2,1H3,(H,18,20)/t11-/m0/s1. The molecule has 110 valence electrons. The first-order chi connectivity index (χ1) is 10.1. The Kier molecular flexibility index (Phi) is 5.36. The van der Waals surface area contributed by atoms with Gasteiger partial charge in [0.05, 0.1) is 11.8 Å². The van der Waals surface area contributed by atoms with Gasteiger partial charge in [-0.1, -0.05) is 24.3 Å². The molecule has 2 rings (SSSR count). The Morgan fingerprint density at radius 3 is 2.76 bits per heavy atom. The van der Waals surface area contributed by atoms with Crippen LogP contribution in [0.2, 0.25) is 0 Å². The monoisotopic (exact) mass is 349 g/mol. The average molecular weight is 350 g/mol. The van der Waals surface area contributed by atoms with Gasteiger partial charge in [0.25, 0.3) is 5.91 Å². The van der Waals surface area contributed by atoms with E-state index >= 15 is 0 Å². The van der Waals surface area contributed by atoms with Crippen LogP contribution in [0.25, 0.3) is 0 Å². The summed E-state index contributed by atoms with van der Waals surface area (Å²) in [6, 6.07) is 14.4. The van der Waals surface area contributed by atoms with Crippen LogP contribution in [-0.2, 0) is 4.79 Å². The average Bonchev–Trinajstić information content (AvgIpc) is 2.48. The number of carbonyl (C=O) groups is 1. The molecule has 5 heteroatoms. The minimum absolute atomic E-state index is 0.0927. The third-order valence-corrected chi connectivity index (χ3v) is 3.55. The summed E-state index contributed by atoms with van der Waals surface area (Å²) >= 11 is 3.36. The lowest BCUT2D eigenvalue weighted by molar-refractivity contribution is -0.118. The van der Waals surface area contributed by atoms with Gasteiger partial charge < -0.3 is 15.2 Å². The number of halogens is 1. The number of nitrogens with one attached hydrogen (secondary N) is 1. The van der Waals surface area contributed by atoms with E-state index in [0.717, 1.165) is 10.0 Å². The van der Waals surface area contributed by atoms with Crippen LogP contribution >= 0.6 is 15.9 Å². The second-order valence-electron chi connectivity index (χ2n) is 4.57. The lowest BCUT2D eigenvalue weighted by Gasteiger charge is -2.10. The van der Waals surface area contributed by atoms with Crippen molar-refractivity contribution in [1.82, 2.24) is 0 Å². The number of amides is 1. The van der Waals surface area contributed by atoms with E-state index in [0.29, 0.717) is 11.4 Å². The molecular formula is C16H16BrNO3. The third kappa shape index (κ3) is 4.58. The van der Waals surface area contributed by atoms with Gasteiger partial charge in [-0.15, -0.1) is 0 Å². The molecule has 0 saturated carbocycles. The minimum Gasteiger partial charge on any atom is -0.484 e. The first kappa shape index (κ1) is 15.5. The first-order valence-electron chi connectivity index (χ1n) is 6.51. The maximum Gasteiger partial charge on any atom is 0.262 e. The van der Waals surface area contributed by atoms with E-state index in [1.165, 1.54) is 0 Å². The highest BCUT2D eigenvalue weighted by atomic mass is 79.9. The fourth-order valence-corrected chi connectivity index (χ4v) is 2.15. The van der Waals surface area contributed by atoms with Crippen molar-refractivity contribution in [2.75, 3.05) is 11.9 Å². The van der Waals surface area contributed by atoms with Gasteiger partial charge in [0.2, 0.25) is 0 Å². The number of rotatable bonds is 5. The number of aliphatic hydroxyl groups is 1. The van der Waals surface area contributed by atoms with Gasteiger partial charge in [0.15, 0.2) is 6.61 Å². The van der Waals surface area contributed by atoms with Crippen molar-refractivity contribution in [3.63, 3.8) is 0 Å². The van der Waals surface area contributed by atoms with Crippen molar-refractivity contribution < 1.29 is 14.6 Å². The van der Waals surface area contributed by atoms with Crippen LogP contribution in [0.1, 0.15) is 18.6 Å². The molecule has 4 nitrogen and oxygen atoms in total. The zero-order valence-corrected chi connectivity index (χ0v) is 13.1. The number of hydrogen-bond acceptors (Lipinski definition) is 3. The molecule has 1 amide bonds. The van der Waals surface area contributed by atoms with Crippen molar-refractivity contribution in [2.24, 2.45) is 0 Å². The van der Waals surface area contributed by atoms with Crippen LogP contribution in [0.5, 0.6) is 5.75 Å². The van der Waals surface area contributed by atoms with Gasteiger partial charge >= 0.3 is 0 Å². The Bertz CT molecular complexity index is 628. The fourth-order valence-electron chi connectivity index (χ4n) is 1.76. The number of carbonyl (C=O) groups excluding carboxylic acids is 1. The molecule has 0 bridgehead atoms. The molecule has 0 heterocycles. The minimum atomic E-state index is -0.567. The van der Waals surface area contributed by atoms with Gasteiger partial charge in [0, 0.05) is 4.47 Å². The maximum absolute atomic E-state index is 11.9. The quantitative estimate of drug-likeness (QED) is 0.868. The number of aliphatic hydroxyl groups excluding tert-OH is 1. The van der Waals surface area contributed by atoms with Gasteiger partial charge in [0.1, 0.15) is 5.75 Å². The smallest absolute Gasteiger partial charge is 0.262 e. The number of benzene rings is 2. The van der Waals surface area contributed by atoms with Crippen molar-refractivity contribution in [1.29, 1.82) is 0 Å². The van der Waals surface area contributed by atoms with Crippen LogP contribution in [0.4, 0.5) is 5.69 Å². The summed E-state index contributed by atoms with van der Waals surface area (Å²) in [7, 11) is 0. The number of anilines is 1. The molecule has 21 heavy (non-hydrogen) atoms. The van der Waals surface area contributed by atoms with E-state index in [-0.39, 0.29) is 12.5 Å². The van der Waals surface area contributed by atoms with Crippen molar-refractivity contribution in [3.05, 3.63) is 58.6 Å².